The maximum Gasteiger partial charge on any atom is 0.161 e. The van der Waals surface area contributed by atoms with Crippen LogP contribution in [0.15, 0.2) is 23.6 Å². The minimum atomic E-state index is 0. The second kappa shape index (κ2) is 10.9. The van der Waals surface area contributed by atoms with Gasteiger partial charge in [-0.2, -0.15) is 0 Å². The van der Waals surface area contributed by atoms with E-state index in [9.17, 15) is 0 Å². The van der Waals surface area contributed by atoms with Gasteiger partial charge in [0, 0.05) is 43.2 Å². The van der Waals surface area contributed by atoms with Crippen LogP contribution in [0.3, 0.4) is 0 Å². The van der Waals surface area contributed by atoms with E-state index in [0.29, 0.717) is 12.6 Å². The molecule has 0 unspecified atom stereocenters. The van der Waals surface area contributed by atoms with Gasteiger partial charge in [-0.25, -0.2) is 4.98 Å². The monoisotopic (exact) mass is 419 g/mol. The Morgan fingerprint density at radius 2 is 2.12 bits per heavy atom. The van der Waals surface area contributed by atoms with Crippen molar-refractivity contribution in [1.29, 1.82) is 0 Å². The molecule has 0 saturated carbocycles. The van der Waals surface area contributed by atoms with Crippen molar-refractivity contribution in [1.82, 2.24) is 15.2 Å². The predicted octanol–water partition coefficient (Wildman–Crippen LogP) is 3.85. The Labute approximate surface area is 171 Å². The zero-order valence-corrected chi connectivity index (χ0v) is 17.8. The molecular weight excluding hydrogens is 393 g/mol. The van der Waals surface area contributed by atoms with Crippen LogP contribution in [0.25, 0.3) is 10.6 Å². The van der Waals surface area contributed by atoms with Crippen molar-refractivity contribution in [2.24, 2.45) is 0 Å². The molecule has 5 nitrogen and oxygen atoms in total. The van der Waals surface area contributed by atoms with Crippen molar-refractivity contribution in [2.75, 3.05) is 33.4 Å². The van der Waals surface area contributed by atoms with E-state index in [-0.39, 0.29) is 24.8 Å². The Balaban J connectivity index is 0.00000169. The highest BCUT2D eigenvalue weighted by Gasteiger charge is 2.19. The zero-order chi connectivity index (χ0) is 16.9. The molecule has 26 heavy (non-hydrogen) atoms. The van der Waals surface area contributed by atoms with Crippen LogP contribution in [-0.2, 0) is 6.54 Å². The van der Waals surface area contributed by atoms with Crippen LogP contribution in [0, 0.1) is 0 Å². The van der Waals surface area contributed by atoms with Crippen molar-refractivity contribution in [3.63, 3.8) is 0 Å². The SMILES string of the molecule is CCOc1ccc(-c2nc(CN3CCNC[C@H]3C)cs2)cc1OC.Cl.Cl. The second-order valence-corrected chi connectivity index (χ2v) is 6.82. The van der Waals surface area contributed by atoms with Crippen molar-refractivity contribution in [3.05, 3.63) is 29.3 Å². The lowest BCUT2D eigenvalue weighted by Crippen LogP contribution is -2.49. The van der Waals surface area contributed by atoms with Gasteiger partial charge in [-0.05, 0) is 32.0 Å². The van der Waals surface area contributed by atoms with Crippen LogP contribution in [0.5, 0.6) is 11.5 Å². The summed E-state index contributed by atoms with van der Waals surface area (Å²) in [5.74, 6) is 1.52. The minimum Gasteiger partial charge on any atom is -0.493 e. The molecule has 1 aromatic heterocycles. The first-order valence-corrected chi connectivity index (χ1v) is 9.29. The van der Waals surface area contributed by atoms with Gasteiger partial charge in [0.15, 0.2) is 11.5 Å². The standard InChI is InChI=1S/C18H25N3O2S.2ClH/c1-4-23-16-6-5-14(9-17(16)22-3)18-20-15(12-24-18)11-21-8-7-19-10-13(21)2;;/h5-6,9,12-13,19H,4,7-8,10-11H2,1-3H3;2*1H/t13-;;/m1../s1. The van der Waals surface area contributed by atoms with Gasteiger partial charge in [0.2, 0.25) is 0 Å². The number of piperazine rings is 1. The lowest BCUT2D eigenvalue weighted by molar-refractivity contribution is 0.164. The molecule has 1 aliphatic heterocycles. The van der Waals surface area contributed by atoms with E-state index < -0.39 is 0 Å². The molecule has 0 radical (unpaired) electrons. The summed E-state index contributed by atoms with van der Waals surface area (Å²) in [6.45, 7) is 8.94. The average molecular weight is 420 g/mol. The van der Waals surface area contributed by atoms with Crippen LogP contribution in [0.4, 0.5) is 0 Å². The van der Waals surface area contributed by atoms with Crippen molar-refractivity contribution >= 4 is 36.2 Å². The van der Waals surface area contributed by atoms with Gasteiger partial charge in [-0.15, -0.1) is 36.2 Å². The fourth-order valence-electron chi connectivity index (χ4n) is 2.91. The van der Waals surface area contributed by atoms with E-state index in [1.807, 2.05) is 25.1 Å². The third kappa shape index (κ3) is 5.47. The summed E-state index contributed by atoms with van der Waals surface area (Å²) in [4.78, 5) is 7.30. The van der Waals surface area contributed by atoms with Crippen LogP contribution in [-0.4, -0.2) is 49.3 Å². The molecular formula is C18H27Cl2N3O2S. The molecule has 2 aromatic rings. The molecule has 1 fully saturated rings. The minimum absolute atomic E-state index is 0. The van der Waals surface area contributed by atoms with E-state index in [1.54, 1.807) is 18.4 Å². The predicted molar refractivity (Wildman–Crippen MR) is 113 cm³/mol. The molecule has 0 amide bonds. The number of hydrogen-bond donors (Lipinski definition) is 1. The van der Waals surface area contributed by atoms with Crippen molar-refractivity contribution < 1.29 is 9.47 Å². The van der Waals surface area contributed by atoms with Crippen molar-refractivity contribution in [3.8, 4) is 22.1 Å². The molecule has 1 aliphatic rings. The summed E-state index contributed by atoms with van der Waals surface area (Å²) >= 11 is 1.68. The van der Waals surface area contributed by atoms with Gasteiger partial charge in [-0.3, -0.25) is 4.90 Å². The highest BCUT2D eigenvalue weighted by molar-refractivity contribution is 7.13. The number of aromatic nitrogens is 1. The Hall–Kier alpha value is -1.05. The average Bonchev–Trinajstić information content (AvgIpc) is 3.06. The summed E-state index contributed by atoms with van der Waals surface area (Å²) in [5.41, 5.74) is 2.21. The summed E-state index contributed by atoms with van der Waals surface area (Å²) < 4.78 is 11.0. The number of nitrogens with zero attached hydrogens (tertiary/aromatic N) is 2. The number of halogens is 2. The molecule has 1 atom stereocenters. The number of rotatable bonds is 6. The summed E-state index contributed by atoms with van der Waals surface area (Å²) in [6, 6.07) is 6.55. The molecule has 2 heterocycles. The van der Waals surface area contributed by atoms with Gasteiger partial charge in [-0.1, -0.05) is 0 Å². The molecule has 0 spiro atoms. The van der Waals surface area contributed by atoms with Crippen LogP contribution in [0.1, 0.15) is 19.5 Å². The molecule has 3 rings (SSSR count). The summed E-state index contributed by atoms with van der Waals surface area (Å²) in [6.07, 6.45) is 0. The van der Waals surface area contributed by atoms with Gasteiger partial charge in [0.05, 0.1) is 19.4 Å². The number of ether oxygens (including phenoxy) is 2. The first-order valence-electron chi connectivity index (χ1n) is 8.41. The molecule has 8 heteroatoms. The molecule has 1 saturated heterocycles. The third-order valence-electron chi connectivity index (χ3n) is 4.27. The fourth-order valence-corrected chi connectivity index (χ4v) is 3.72. The van der Waals surface area contributed by atoms with Gasteiger partial charge < -0.3 is 14.8 Å². The highest BCUT2D eigenvalue weighted by atomic mass is 35.5. The van der Waals surface area contributed by atoms with E-state index in [2.05, 4.69) is 22.5 Å². The lowest BCUT2D eigenvalue weighted by atomic mass is 10.2. The van der Waals surface area contributed by atoms with Crippen molar-refractivity contribution in [2.45, 2.75) is 26.4 Å². The lowest BCUT2D eigenvalue weighted by Gasteiger charge is -2.33. The first-order chi connectivity index (χ1) is 11.7. The quantitative estimate of drug-likeness (QED) is 0.769. The Kier molecular flexibility index (Phi) is 9.68. The smallest absolute Gasteiger partial charge is 0.161 e. The number of nitrogens with one attached hydrogen (secondary N) is 1. The fraction of sp³-hybridized carbons (Fsp3) is 0.500. The van der Waals surface area contributed by atoms with Crippen LogP contribution in [0.2, 0.25) is 0 Å². The Bertz CT molecular complexity index is 684. The molecule has 146 valence electrons. The maximum atomic E-state index is 5.58. The third-order valence-corrected chi connectivity index (χ3v) is 5.21. The summed E-state index contributed by atoms with van der Waals surface area (Å²) in [7, 11) is 1.67. The number of hydrogen-bond acceptors (Lipinski definition) is 6. The molecule has 1 aromatic carbocycles. The Morgan fingerprint density at radius 1 is 1.31 bits per heavy atom. The van der Waals surface area contributed by atoms with E-state index in [1.165, 1.54) is 0 Å². The van der Waals surface area contributed by atoms with E-state index >= 15 is 0 Å². The van der Waals surface area contributed by atoms with E-state index in [4.69, 9.17) is 14.5 Å². The largest absolute Gasteiger partial charge is 0.493 e. The highest BCUT2D eigenvalue weighted by Crippen LogP contribution is 2.34. The Morgan fingerprint density at radius 3 is 2.81 bits per heavy atom. The van der Waals surface area contributed by atoms with E-state index in [0.717, 1.165) is 53.9 Å². The van der Waals surface area contributed by atoms with Crippen LogP contribution >= 0.6 is 36.2 Å². The number of thiazole rings is 1. The molecule has 1 N–H and O–H groups in total. The van der Waals surface area contributed by atoms with Crippen LogP contribution < -0.4 is 14.8 Å². The normalized spacial score (nSPS) is 17.1. The number of methoxy groups -OCH3 is 1. The maximum absolute atomic E-state index is 5.58. The summed E-state index contributed by atoms with van der Waals surface area (Å²) in [5, 5.41) is 6.61. The van der Waals surface area contributed by atoms with Gasteiger partial charge >= 0.3 is 0 Å². The van der Waals surface area contributed by atoms with Gasteiger partial charge in [0.1, 0.15) is 5.01 Å². The van der Waals surface area contributed by atoms with Gasteiger partial charge in [0.25, 0.3) is 0 Å². The topological polar surface area (TPSA) is 46.6 Å². The zero-order valence-electron chi connectivity index (χ0n) is 15.4. The first kappa shape index (κ1) is 23.0. The molecule has 0 bridgehead atoms. The molecule has 0 aliphatic carbocycles. The number of benzene rings is 1. The second-order valence-electron chi connectivity index (χ2n) is 5.97.